The second-order valence-corrected chi connectivity index (χ2v) is 8.32. The molecule has 0 bridgehead atoms. The Morgan fingerprint density at radius 1 is 1.30 bits per heavy atom. The number of Topliss-reactive ketones (excluding diaryl/α,β-unsaturated/α-hetero) is 1. The number of carbonyl (C=O) groups is 1. The van der Waals surface area contributed by atoms with E-state index in [0.717, 1.165) is 18.4 Å². The highest BCUT2D eigenvalue weighted by Gasteiger charge is 2.33. The highest BCUT2D eigenvalue weighted by molar-refractivity contribution is 7.91. The molecule has 2 atom stereocenters. The Bertz CT molecular complexity index is 622. The Balaban J connectivity index is 2.23. The zero-order chi connectivity index (χ0) is 14.9. The lowest BCUT2D eigenvalue weighted by Crippen LogP contribution is -2.31. The quantitative estimate of drug-likeness (QED) is 0.803. The van der Waals surface area contributed by atoms with Gasteiger partial charge in [0.15, 0.2) is 5.78 Å². The zero-order valence-electron chi connectivity index (χ0n) is 11.7. The molecule has 0 aromatic heterocycles. The lowest BCUT2D eigenvalue weighted by molar-refractivity contribution is 0.0891. The molecule has 1 aromatic rings. The molecule has 0 N–H and O–H groups in total. The highest BCUT2D eigenvalue weighted by Crippen LogP contribution is 2.33. The second-order valence-electron chi connectivity index (χ2n) is 5.62. The second kappa shape index (κ2) is 5.86. The van der Waals surface area contributed by atoms with Crippen molar-refractivity contribution in [3.05, 3.63) is 34.3 Å². The van der Waals surface area contributed by atoms with Crippen LogP contribution in [0.25, 0.3) is 0 Å². The number of rotatable bonds is 3. The SMILES string of the molecule is Cc1cccc(C(=O)C2CCCC(S(C)(=O)=O)C2)c1Cl. The van der Waals surface area contributed by atoms with E-state index in [4.69, 9.17) is 11.6 Å². The van der Waals surface area contributed by atoms with Gasteiger partial charge in [0.25, 0.3) is 0 Å². The minimum atomic E-state index is -3.08. The summed E-state index contributed by atoms with van der Waals surface area (Å²) in [6, 6.07) is 5.40. The summed E-state index contributed by atoms with van der Waals surface area (Å²) in [5.74, 6) is -0.255. The van der Waals surface area contributed by atoms with Crippen LogP contribution in [0.1, 0.15) is 41.6 Å². The van der Waals surface area contributed by atoms with Gasteiger partial charge in [-0.1, -0.05) is 30.2 Å². The fourth-order valence-corrected chi connectivity index (χ4v) is 4.23. The molecule has 1 saturated carbocycles. The van der Waals surface area contributed by atoms with Crippen LogP contribution in [0.4, 0.5) is 0 Å². The van der Waals surface area contributed by atoms with Gasteiger partial charge >= 0.3 is 0 Å². The zero-order valence-corrected chi connectivity index (χ0v) is 13.3. The standard InChI is InChI=1S/C15H19ClO3S/c1-10-5-3-8-13(14(10)16)15(17)11-6-4-7-12(9-11)20(2,18)19/h3,5,8,11-12H,4,6-7,9H2,1-2H3. The van der Waals surface area contributed by atoms with Crippen LogP contribution < -0.4 is 0 Å². The van der Waals surface area contributed by atoms with E-state index in [2.05, 4.69) is 0 Å². The Hall–Kier alpha value is -0.870. The van der Waals surface area contributed by atoms with Crippen molar-refractivity contribution in [1.82, 2.24) is 0 Å². The number of halogens is 1. The molecule has 0 radical (unpaired) electrons. The molecule has 2 unspecified atom stereocenters. The number of ketones is 1. The average molecular weight is 315 g/mol. The van der Waals surface area contributed by atoms with Crippen LogP contribution in [0.3, 0.4) is 0 Å². The number of benzene rings is 1. The Labute approximate surface area is 125 Å². The third-order valence-corrected chi connectivity index (χ3v) is 6.20. The maximum absolute atomic E-state index is 12.6. The third kappa shape index (κ3) is 3.23. The number of hydrogen-bond donors (Lipinski definition) is 0. The molecule has 0 amide bonds. The summed E-state index contributed by atoms with van der Waals surface area (Å²) in [5, 5.41) is 0.0905. The van der Waals surface area contributed by atoms with E-state index in [1.54, 1.807) is 6.07 Å². The van der Waals surface area contributed by atoms with E-state index in [1.807, 2.05) is 19.1 Å². The Morgan fingerprint density at radius 3 is 2.65 bits per heavy atom. The summed E-state index contributed by atoms with van der Waals surface area (Å²) in [6.07, 6.45) is 3.85. The number of carbonyl (C=O) groups excluding carboxylic acids is 1. The van der Waals surface area contributed by atoms with Gasteiger partial charge < -0.3 is 0 Å². The van der Waals surface area contributed by atoms with Crippen LogP contribution in [0.15, 0.2) is 18.2 Å². The Kier molecular flexibility index (Phi) is 4.55. The van der Waals surface area contributed by atoms with Gasteiger partial charge in [-0.25, -0.2) is 8.42 Å². The molecule has 2 rings (SSSR count). The maximum Gasteiger partial charge on any atom is 0.167 e. The molecule has 3 nitrogen and oxygen atoms in total. The van der Waals surface area contributed by atoms with E-state index in [-0.39, 0.29) is 11.7 Å². The molecule has 5 heteroatoms. The van der Waals surface area contributed by atoms with Crippen molar-refractivity contribution in [3.63, 3.8) is 0 Å². The number of aryl methyl sites for hydroxylation is 1. The van der Waals surface area contributed by atoms with Crippen LogP contribution in [0.2, 0.25) is 5.02 Å². The highest BCUT2D eigenvalue weighted by atomic mass is 35.5. The molecule has 110 valence electrons. The predicted molar refractivity (Wildman–Crippen MR) is 81.1 cm³/mol. The van der Waals surface area contributed by atoms with E-state index < -0.39 is 15.1 Å². The molecule has 1 fully saturated rings. The molecule has 0 aliphatic heterocycles. The molecular weight excluding hydrogens is 296 g/mol. The van der Waals surface area contributed by atoms with Crippen molar-refractivity contribution in [1.29, 1.82) is 0 Å². The molecule has 1 aromatic carbocycles. The van der Waals surface area contributed by atoms with Crippen molar-refractivity contribution < 1.29 is 13.2 Å². The van der Waals surface area contributed by atoms with E-state index in [1.165, 1.54) is 6.26 Å². The molecule has 1 aliphatic carbocycles. The van der Waals surface area contributed by atoms with E-state index >= 15 is 0 Å². The van der Waals surface area contributed by atoms with Gasteiger partial charge in [0.1, 0.15) is 9.84 Å². The van der Waals surface area contributed by atoms with Gasteiger partial charge in [-0.05, 0) is 37.8 Å². The first-order chi connectivity index (χ1) is 9.30. The first-order valence-electron chi connectivity index (χ1n) is 6.79. The fourth-order valence-electron chi connectivity index (χ4n) is 2.83. The van der Waals surface area contributed by atoms with Gasteiger partial charge in [0.05, 0.1) is 10.3 Å². The van der Waals surface area contributed by atoms with Crippen LogP contribution in [-0.2, 0) is 9.84 Å². The maximum atomic E-state index is 12.6. The van der Waals surface area contributed by atoms with E-state index in [0.29, 0.717) is 23.4 Å². The summed E-state index contributed by atoms with van der Waals surface area (Å²) in [7, 11) is -3.08. The van der Waals surface area contributed by atoms with Gasteiger partial charge in [-0.2, -0.15) is 0 Å². The van der Waals surface area contributed by atoms with Crippen LogP contribution >= 0.6 is 11.6 Å². The van der Waals surface area contributed by atoms with Gasteiger partial charge in [-0.15, -0.1) is 0 Å². The monoisotopic (exact) mass is 314 g/mol. The normalized spacial score (nSPS) is 23.6. The predicted octanol–water partition coefficient (Wildman–Crippen LogP) is 3.43. The smallest absolute Gasteiger partial charge is 0.167 e. The molecule has 0 heterocycles. The largest absolute Gasteiger partial charge is 0.294 e. The van der Waals surface area contributed by atoms with Gasteiger partial charge in [-0.3, -0.25) is 4.79 Å². The van der Waals surface area contributed by atoms with Crippen LogP contribution in [-0.4, -0.2) is 25.7 Å². The lowest BCUT2D eigenvalue weighted by Gasteiger charge is -2.27. The summed E-state index contributed by atoms with van der Waals surface area (Å²) in [4.78, 5) is 12.6. The van der Waals surface area contributed by atoms with Gasteiger partial charge in [0, 0.05) is 17.7 Å². The minimum Gasteiger partial charge on any atom is -0.294 e. The first kappa shape index (κ1) is 15.5. The van der Waals surface area contributed by atoms with Crippen molar-refractivity contribution >= 4 is 27.2 Å². The molecule has 0 saturated heterocycles. The van der Waals surface area contributed by atoms with Gasteiger partial charge in [0.2, 0.25) is 0 Å². The third-order valence-electron chi connectivity index (χ3n) is 4.06. The van der Waals surface area contributed by atoms with Crippen molar-refractivity contribution in [2.45, 2.75) is 37.9 Å². The summed E-state index contributed by atoms with van der Waals surface area (Å²) >= 11 is 6.19. The summed E-state index contributed by atoms with van der Waals surface area (Å²) < 4.78 is 23.3. The number of sulfone groups is 1. The fraction of sp³-hybridized carbons (Fsp3) is 0.533. The lowest BCUT2D eigenvalue weighted by atomic mass is 9.83. The first-order valence-corrected chi connectivity index (χ1v) is 9.12. The number of hydrogen-bond acceptors (Lipinski definition) is 3. The summed E-state index contributed by atoms with van der Waals surface area (Å²) in [5.41, 5.74) is 1.39. The van der Waals surface area contributed by atoms with E-state index in [9.17, 15) is 13.2 Å². The van der Waals surface area contributed by atoms with Crippen molar-refractivity contribution in [2.75, 3.05) is 6.26 Å². The average Bonchev–Trinajstić information content (AvgIpc) is 2.40. The van der Waals surface area contributed by atoms with Crippen molar-refractivity contribution in [3.8, 4) is 0 Å². The van der Waals surface area contributed by atoms with Crippen molar-refractivity contribution in [2.24, 2.45) is 5.92 Å². The van der Waals surface area contributed by atoms with Crippen LogP contribution in [0.5, 0.6) is 0 Å². The molecule has 20 heavy (non-hydrogen) atoms. The topological polar surface area (TPSA) is 51.2 Å². The Morgan fingerprint density at radius 2 is 2.00 bits per heavy atom. The summed E-state index contributed by atoms with van der Waals surface area (Å²) in [6.45, 7) is 1.86. The minimum absolute atomic E-state index is 0.0212. The molecule has 1 aliphatic rings. The van der Waals surface area contributed by atoms with Crippen LogP contribution in [0, 0.1) is 12.8 Å². The molecule has 0 spiro atoms. The molecular formula is C15H19ClO3S.